The van der Waals surface area contributed by atoms with Crippen molar-refractivity contribution in [2.75, 3.05) is 0 Å². The molecule has 0 saturated carbocycles. The van der Waals surface area contributed by atoms with Crippen LogP contribution in [0.15, 0.2) is 94.9 Å². The number of hydrogen-bond donors (Lipinski definition) is 0. The van der Waals surface area contributed by atoms with Gasteiger partial charge in [0.1, 0.15) is 0 Å². The fraction of sp³-hybridized carbons (Fsp3) is 0.133. The van der Waals surface area contributed by atoms with Gasteiger partial charge in [0.25, 0.3) is 0 Å². The van der Waals surface area contributed by atoms with Crippen molar-refractivity contribution in [2.24, 2.45) is 9.98 Å². The summed E-state index contributed by atoms with van der Waals surface area (Å²) in [5.74, 6) is 0. The predicted octanol–water partition coefficient (Wildman–Crippen LogP) is 8.09. The van der Waals surface area contributed by atoms with Gasteiger partial charge in [0, 0.05) is 12.4 Å². The SMILES string of the molecule is Cc1cc(-c2cc(C)c(N=Cc3ccccc3)c(C)c2)cc(C)c1N=Cc1ccccc1. The molecule has 0 aliphatic heterocycles. The van der Waals surface area contributed by atoms with Gasteiger partial charge >= 0.3 is 0 Å². The molecule has 0 aromatic heterocycles. The molecule has 0 heterocycles. The Labute approximate surface area is 191 Å². The maximum Gasteiger partial charge on any atom is 0.0688 e. The Morgan fingerprint density at radius 2 is 0.781 bits per heavy atom. The van der Waals surface area contributed by atoms with Crippen LogP contribution in [0.25, 0.3) is 11.1 Å². The zero-order chi connectivity index (χ0) is 22.5. The molecule has 32 heavy (non-hydrogen) atoms. The van der Waals surface area contributed by atoms with Crippen molar-refractivity contribution in [3.63, 3.8) is 0 Å². The number of hydrogen-bond acceptors (Lipinski definition) is 2. The standard InChI is InChI=1S/C30H28N2/c1-21-15-27(16-22(2)29(21)31-19-25-11-7-5-8-12-25)28-17-23(3)30(24(4)18-28)32-20-26-13-9-6-10-14-26/h5-20H,1-4H3. The highest BCUT2D eigenvalue weighted by molar-refractivity contribution is 5.85. The largest absolute Gasteiger partial charge is 0.256 e. The number of nitrogens with zero attached hydrogens (tertiary/aromatic N) is 2. The molecule has 0 bridgehead atoms. The van der Waals surface area contributed by atoms with Gasteiger partial charge in [0.2, 0.25) is 0 Å². The van der Waals surface area contributed by atoms with Crippen LogP contribution in [0.4, 0.5) is 11.4 Å². The molecule has 4 rings (SSSR count). The van der Waals surface area contributed by atoms with E-state index in [4.69, 9.17) is 9.98 Å². The van der Waals surface area contributed by atoms with Crippen LogP contribution in [-0.4, -0.2) is 12.4 Å². The summed E-state index contributed by atoms with van der Waals surface area (Å²) in [6.07, 6.45) is 3.87. The first-order chi connectivity index (χ1) is 15.5. The third-order valence-corrected chi connectivity index (χ3v) is 5.60. The zero-order valence-electron chi connectivity index (χ0n) is 19.1. The van der Waals surface area contributed by atoms with E-state index in [0.717, 1.165) is 22.5 Å². The van der Waals surface area contributed by atoms with E-state index < -0.39 is 0 Å². The summed E-state index contributed by atoms with van der Waals surface area (Å²) in [6, 6.07) is 29.3. The first kappa shape index (κ1) is 21.5. The van der Waals surface area contributed by atoms with Gasteiger partial charge in [-0.05, 0) is 96.5 Å². The topological polar surface area (TPSA) is 24.7 Å². The van der Waals surface area contributed by atoms with Gasteiger partial charge in [-0.3, -0.25) is 9.98 Å². The summed E-state index contributed by atoms with van der Waals surface area (Å²) in [7, 11) is 0. The smallest absolute Gasteiger partial charge is 0.0688 e. The van der Waals surface area contributed by atoms with E-state index in [9.17, 15) is 0 Å². The van der Waals surface area contributed by atoms with Crippen LogP contribution < -0.4 is 0 Å². The van der Waals surface area contributed by atoms with Gasteiger partial charge in [-0.15, -0.1) is 0 Å². The van der Waals surface area contributed by atoms with Crippen molar-refractivity contribution in [2.45, 2.75) is 27.7 Å². The average molecular weight is 417 g/mol. The normalized spacial score (nSPS) is 11.5. The molecule has 0 unspecified atom stereocenters. The molecule has 4 aromatic carbocycles. The molecule has 2 nitrogen and oxygen atoms in total. The van der Waals surface area contributed by atoms with E-state index in [1.54, 1.807) is 0 Å². The fourth-order valence-electron chi connectivity index (χ4n) is 4.01. The Hall–Kier alpha value is -3.78. The molecule has 0 saturated heterocycles. The molecule has 0 amide bonds. The Bertz CT molecular complexity index is 1130. The Morgan fingerprint density at radius 3 is 1.09 bits per heavy atom. The molecule has 0 N–H and O–H groups in total. The second-order valence-corrected chi connectivity index (χ2v) is 8.26. The molecule has 2 heteroatoms. The van der Waals surface area contributed by atoms with Crippen molar-refractivity contribution in [1.82, 2.24) is 0 Å². The Balaban J connectivity index is 1.64. The van der Waals surface area contributed by atoms with E-state index in [0.29, 0.717) is 0 Å². The van der Waals surface area contributed by atoms with Crippen LogP contribution in [-0.2, 0) is 0 Å². The molecule has 158 valence electrons. The molecular formula is C30H28N2. The minimum atomic E-state index is 1.04. The summed E-state index contributed by atoms with van der Waals surface area (Å²) in [5.41, 5.74) is 11.4. The third-order valence-electron chi connectivity index (χ3n) is 5.60. The molecule has 0 aliphatic rings. The maximum atomic E-state index is 4.77. The van der Waals surface area contributed by atoms with E-state index in [-0.39, 0.29) is 0 Å². The second kappa shape index (κ2) is 9.57. The minimum absolute atomic E-state index is 1.04. The van der Waals surface area contributed by atoms with Crippen molar-refractivity contribution >= 4 is 23.8 Å². The summed E-state index contributed by atoms with van der Waals surface area (Å²) in [5, 5.41) is 0. The van der Waals surface area contributed by atoms with Crippen LogP contribution in [0.3, 0.4) is 0 Å². The average Bonchev–Trinajstić information content (AvgIpc) is 2.79. The fourth-order valence-corrected chi connectivity index (χ4v) is 4.01. The number of rotatable bonds is 5. The molecular weight excluding hydrogens is 388 g/mol. The molecule has 0 aliphatic carbocycles. The van der Waals surface area contributed by atoms with Crippen LogP contribution in [0, 0.1) is 27.7 Å². The Morgan fingerprint density at radius 1 is 0.469 bits per heavy atom. The highest BCUT2D eigenvalue weighted by atomic mass is 14.7. The van der Waals surface area contributed by atoms with Gasteiger partial charge in [-0.1, -0.05) is 60.7 Å². The van der Waals surface area contributed by atoms with Gasteiger partial charge in [0.05, 0.1) is 11.4 Å². The lowest BCUT2D eigenvalue weighted by Gasteiger charge is -2.13. The van der Waals surface area contributed by atoms with Crippen LogP contribution >= 0.6 is 0 Å². The highest BCUT2D eigenvalue weighted by Gasteiger charge is 2.09. The summed E-state index contributed by atoms with van der Waals surface area (Å²) in [4.78, 5) is 9.54. The van der Waals surface area contributed by atoms with Crippen molar-refractivity contribution < 1.29 is 0 Å². The molecule has 0 radical (unpaired) electrons. The van der Waals surface area contributed by atoms with Crippen LogP contribution in [0.1, 0.15) is 33.4 Å². The molecule has 4 aromatic rings. The quantitative estimate of drug-likeness (QED) is 0.294. The van der Waals surface area contributed by atoms with Crippen molar-refractivity contribution in [3.8, 4) is 11.1 Å². The predicted molar refractivity (Wildman–Crippen MR) is 138 cm³/mol. The van der Waals surface area contributed by atoms with Crippen LogP contribution in [0.5, 0.6) is 0 Å². The van der Waals surface area contributed by atoms with Gasteiger partial charge in [0.15, 0.2) is 0 Å². The van der Waals surface area contributed by atoms with E-state index >= 15 is 0 Å². The highest BCUT2D eigenvalue weighted by Crippen LogP contribution is 2.34. The van der Waals surface area contributed by atoms with Gasteiger partial charge in [-0.25, -0.2) is 0 Å². The van der Waals surface area contributed by atoms with Crippen molar-refractivity contribution in [1.29, 1.82) is 0 Å². The van der Waals surface area contributed by atoms with Gasteiger partial charge < -0.3 is 0 Å². The first-order valence-corrected chi connectivity index (χ1v) is 10.9. The lowest BCUT2D eigenvalue weighted by Crippen LogP contribution is -1.90. The number of benzene rings is 4. The molecule has 0 atom stereocenters. The van der Waals surface area contributed by atoms with Crippen molar-refractivity contribution in [3.05, 3.63) is 118 Å². The monoisotopic (exact) mass is 416 g/mol. The molecule has 0 spiro atoms. The van der Waals surface area contributed by atoms with E-state index in [1.165, 1.54) is 33.4 Å². The molecule has 0 fully saturated rings. The third kappa shape index (κ3) is 4.92. The number of aliphatic imine (C=N–C) groups is 2. The second-order valence-electron chi connectivity index (χ2n) is 8.26. The van der Waals surface area contributed by atoms with Crippen LogP contribution in [0.2, 0.25) is 0 Å². The zero-order valence-corrected chi connectivity index (χ0v) is 19.1. The van der Waals surface area contributed by atoms with Gasteiger partial charge in [-0.2, -0.15) is 0 Å². The first-order valence-electron chi connectivity index (χ1n) is 10.9. The number of aryl methyl sites for hydroxylation is 4. The Kier molecular flexibility index (Phi) is 6.42. The van der Waals surface area contributed by atoms with E-state index in [1.807, 2.05) is 48.8 Å². The minimum Gasteiger partial charge on any atom is -0.256 e. The lowest BCUT2D eigenvalue weighted by molar-refractivity contribution is 1.31. The summed E-state index contributed by atoms with van der Waals surface area (Å²) < 4.78 is 0. The lowest BCUT2D eigenvalue weighted by atomic mass is 9.95. The summed E-state index contributed by atoms with van der Waals surface area (Å²) in [6.45, 7) is 8.53. The van der Waals surface area contributed by atoms with E-state index in [2.05, 4.69) is 76.2 Å². The summed E-state index contributed by atoms with van der Waals surface area (Å²) >= 11 is 0. The maximum absolute atomic E-state index is 4.77.